The fourth-order valence-corrected chi connectivity index (χ4v) is 3.91. The summed E-state index contributed by atoms with van der Waals surface area (Å²) in [6.45, 7) is 0. The first-order chi connectivity index (χ1) is 12.2. The number of hydrogen-bond donors (Lipinski definition) is 3. The first-order valence-electron chi connectivity index (χ1n) is 8.93. The summed E-state index contributed by atoms with van der Waals surface area (Å²) in [6.07, 6.45) is 6.13. The molecule has 1 saturated carbocycles. The molecule has 2 aromatic carbocycles. The first-order valence-corrected chi connectivity index (χ1v) is 8.93. The first kappa shape index (κ1) is 15.8. The molecule has 0 saturated heterocycles. The quantitative estimate of drug-likeness (QED) is 0.610. The van der Waals surface area contributed by atoms with Crippen molar-refractivity contribution in [3.8, 4) is 0 Å². The summed E-state index contributed by atoms with van der Waals surface area (Å²) in [5.41, 5.74) is 9.80. The summed E-state index contributed by atoms with van der Waals surface area (Å²) in [4.78, 5) is 15.9. The van der Waals surface area contributed by atoms with Gasteiger partial charge in [0.15, 0.2) is 0 Å². The summed E-state index contributed by atoms with van der Waals surface area (Å²) in [5.74, 6) is 0.762. The number of carbonyl (C=O) groups is 1. The molecule has 4 rings (SSSR count). The Morgan fingerprint density at radius 3 is 2.48 bits per heavy atom. The number of nitrogens with two attached hydrogens (primary N) is 1. The molecular formula is C21H23N3O. The molecule has 0 atom stereocenters. The lowest BCUT2D eigenvalue weighted by molar-refractivity contribution is -0.120. The standard InChI is InChI=1S/C21H23N3O/c22-16-9-11-17(12-10-16)24-21(25)15-7-5-14(6-8-15)19-13-23-20-4-2-1-3-18(19)20/h1-4,9-15,23H,5-8,22H2,(H,24,25). The number of H-pyrrole nitrogens is 1. The number of aromatic amines is 1. The number of aromatic nitrogens is 1. The van der Waals surface area contributed by atoms with E-state index in [4.69, 9.17) is 5.73 Å². The highest BCUT2D eigenvalue weighted by molar-refractivity contribution is 5.92. The van der Waals surface area contributed by atoms with Gasteiger partial charge in [0.05, 0.1) is 0 Å². The summed E-state index contributed by atoms with van der Waals surface area (Å²) in [6, 6.07) is 15.8. The maximum atomic E-state index is 12.5. The van der Waals surface area contributed by atoms with Crippen LogP contribution in [0.3, 0.4) is 0 Å². The second-order valence-corrected chi connectivity index (χ2v) is 6.95. The number of hydrogen-bond acceptors (Lipinski definition) is 2. The third kappa shape index (κ3) is 3.25. The van der Waals surface area contributed by atoms with Gasteiger partial charge in [-0.3, -0.25) is 4.79 Å². The van der Waals surface area contributed by atoms with Crippen molar-refractivity contribution in [1.29, 1.82) is 0 Å². The number of anilines is 2. The Hall–Kier alpha value is -2.75. The van der Waals surface area contributed by atoms with Crippen LogP contribution in [0.5, 0.6) is 0 Å². The Kier molecular flexibility index (Phi) is 4.18. The lowest BCUT2D eigenvalue weighted by atomic mass is 9.78. The average molecular weight is 333 g/mol. The zero-order valence-corrected chi connectivity index (χ0v) is 14.2. The molecule has 1 aromatic heterocycles. The van der Waals surface area contributed by atoms with Gasteiger partial charge in [-0.15, -0.1) is 0 Å². The SMILES string of the molecule is Nc1ccc(NC(=O)C2CCC(c3c[nH]c4ccccc34)CC2)cc1. The normalized spacial score (nSPS) is 20.5. The Bertz CT molecular complexity index is 874. The highest BCUT2D eigenvalue weighted by Gasteiger charge is 2.28. The predicted octanol–water partition coefficient (Wildman–Crippen LogP) is 4.66. The number of nitrogen functional groups attached to an aromatic ring is 1. The molecular weight excluding hydrogens is 310 g/mol. The van der Waals surface area contributed by atoms with Crippen LogP contribution in [-0.2, 0) is 4.79 Å². The van der Waals surface area contributed by atoms with Crippen molar-refractivity contribution in [2.45, 2.75) is 31.6 Å². The van der Waals surface area contributed by atoms with E-state index >= 15 is 0 Å². The van der Waals surface area contributed by atoms with Gasteiger partial charge in [0.25, 0.3) is 0 Å². The Morgan fingerprint density at radius 2 is 1.72 bits per heavy atom. The number of benzene rings is 2. The minimum absolute atomic E-state index is 0.0963. The molecule has 1 aliphatic carbocycles. The van der Waals surface area contributed by atoms with Crippen LogP contribution in [0, 0.1) is 5.92 Å². The van der Waals surface area contributed by atoms with Gasteiger partial charge in [-0.1, -0.05) is 18.2 Å². The minimum Gasteiger partial charge on any atom is -0.399 e. The van der Waals surface area contributed by atoms with Crippen LogP contribution in [0.2, 0.25) is 0 Å². The van der Waals surface area contributed by atoms with Crippen molar-refractivity contribution < 1.29 is 4.79 Å². The molecule has 0 unspecified atom stereocenters. The van der Waals surface area contributed by atoms with Gasteiger partial charge >= 0.3 is 0 Å². The molecule has 1 heterocycles. The van der Waals surface area contributed by atoms with Crippen LogP contribution in [0.25, 0.3) is 10.9 Å². The number of rotatable bonds is 3. The lowest BCUT2D eigenvalue weighted by Gasteiger charge is -2.27. The van der Waals surface area contributed by atoms with Crippen molar-refractivity contribution >= 4 is 28.2 Å². The van der Waals surface area contributed by atoms with Crippen molar-refractivity contribution in [2.24, 2.45) is 5.92 Å². The molecule has 1 fully saturated rings. The molecule has 3 aromatic rings. The molecule has 0 bridgehead atoms. The summed E-state index contributed by atoms with van der Waals surface area (Å²) in [7, 11) is 0. The van der Waals surface area contributed by atoms with E-state index in [0.717, 1.165) is 31.4 Å². The zero-order chi connectivity index (χ0) is 17.2. The van der Waals surface area contributed by atoms with E-state index in [9.17, 15) is 4.79 Å². The topological polar surface area (TPSA) is 70.9 Å². The molecule has 1 aliphatic rings. The third-order valence-electron chi connectivity index (χ3n) is 5.34. The van der Waals surface area contributed by atoms with E-state index in [-0.39, 0.29) is 11.8 Å². The van der Waals surface area contributed by atoms with E-state index in [0.29, 0.717) is 11.6 Å². The van der Waals surface area contributed by atoms with Crippen LogP contribution in [0.15, 0.2) is 54.7 Å². The van der Waals surface area contributed by atoms with E-state index in [1.165, 1.54) is 16.5 Å². The Labute approximate surface area is 147 Å². The maximum absolute atomic E-state index is 12.5. The number of para-hydroxylation sites is 1. The molecule has 0 spiro atoms. The number of amides is 1. The lowest BCUT2D eigenvalue weighted by Crippen LogP contribution is -2.26. The molecule has 0 aliphatic heterocycles. The van der Waals surface area contributed by atoms with Crippen molar-refractivity contribution in [1.82, 2.24) is 4.98 Å². The Balaban J connectivity index is 1.39. The second kappa shape index (κ2) is 6.63. The minimum atomic E-state index is 0.0963. The zero-order valence-electron chi connectivity index (χ0n) is 14.2. The van der Waals surface area contributed by atoms with E-state index < -0.39 is 0 Å². The van der Waals surface area contributed by atoms with Crippen LogP contribution in [0.4, 0.5) is 11.4 Å². The third-order valence-corrected chi connectivity index (χ3v) is 5.34. The van der Waals surface area contributed by atoms with Crippen LogP contribution < -0.4 is 11.1 Å². The van der Waals surface area contributed by atoms with Crippen molar-refractivity contribution in [2.75, 3.05) is 11.1 Å². The molecule has 4 N–H and O–H groups in total. The van der Waals surface area contributed by atoms with E-state index in [1.807, 2.05) is 24.3 Å². The van der Waals surface area contributed by atoms with Gasteiger partial charge in [0.1, 0.15) is 0 Å². The van der Waals surface area contributed by atoms with Gasteiger partial charge in [0.2, 0.25) is 5.91 Å². The second-order valence-electron chi connectivity index (χ2n) is 6.95. The maximum Gasteiger partial charge on any atom is 0.227 e. The molecule has 1 amide bonds. The average Bonchev–Trinajstić information content (AvgIpc) is 3.08. The van der Waals surface area contributed by atoms with Crippen molar-refractivity contribution in [3.05, 3.63) is 60.3 Å². The van der Waals surface area contributed by atoms with Gasteiger partial charge in [-0.05, 0) is 67.5 Å². The fraction of sp³-hybridized carbons (Fsp3) is 0.286. The smallest absolute Gasteiger partial charge is 0.227 e. The van der Waals surface area contributed by atoms with Gasteiger partial charge in [-0.25, -0.2) is 0 Å². The monoisotopic (exact) mass is 333 g/mol. The molecule has 25 heavy (non-hydrogen) atoms. The molecule has 128 valence electrons. The van der Waals surface area contributed by atoms with Gasteiger partial charge in [-0.2, -0.15) is 0 Å². The van der Waals surface area contributed by atoms with Gasteiger partial charge in [0, 0.05) is 34.4 Å². The highest BCUT2D eigenvalue weighted by Crippen LogP contribution is 2.39. The number of carbonyl (C=O) groups excluding carboxylic acids is 1. The van der Waals surface area contributed by atoms with E-state index in [2.05, 4.69) is 40.8 Å². The fourth-order valence-electron chi connectivity index (χ4n) is 3.91. The Morgan fingerprint density at radius 1 is 1.00 bits per heavy atom. The molecule has 4 nitrogen and oxygen atoms in total. The molecule has 0 radical (unpaired) electrons. The number of fused-ring (bicyclic) bond motifs is 1. The summed E-state index contributed by atoms with van der Waals surface area (Å²) < 4.78 is 0. The van der Waals surface area contributed by atoms with Gasteiger partial charge < -0.3 is 16.0 Å². The van der Waals surface area contributed by atoms with Crippen LogP contribution >= 0.6 is 0 Å². The molecule has 4 heteroatoms. The van der Waals surface area contributed by atoms with E-state index in [1.54, 1.807) is 0 Å². The highest BCUT2D eigenvalue weighted by atomic mass is 16.1. The summed E-state index contributed by atoms with van der Waals surface area (Å²) in [5, 5.41) is 4.33. The largest absolute Gasteiger partial charge is 0.399 e. The summed E-state index contributed by atoms with van der Waals surface area (Å²) >= 11 is 0. The van der Waals surface area contributed by atoms with Crippen molar-refractivity contribution in [3.63, 3.8) is 0 Å². The number of nitrogens with one attached hydrogen (secondary N) is 2. The van der Waals surface area contributed by atoms with Crippen LogP contribution in [-0.4, -0.2) is 10.9 Å². The predicted molar refractivity (Wildman–Crippen MR) is 102 cm³/mol. The van der Waals surface area contributed by atoms with Crippen LogP contribution in [0.1, 0.15) is 37.2 Å².